The van der Waals surface area contributed by atoms with Crippen LogP contribution < -0.4 is 16.6 Å². The number of nitrogen functional groups attached to an aromatic ring is 1. The van der Waals surface area contributed by atoms with Gasteiger partial charge in [-0.25, -0.2) is 4.79 Å². The van der Waals surface area contributed by atoms with Crippen LogP contribution in [0.4, 0.5) is 11.5 Å². The van der Waals surface area contributed by atoms with Gasteiger partial charge in [-0.15, -0.1) is 0 Å². The summed E-state index contributed by atoms with van der Waals surface area (Å²) >= 11 is 0. The lowest BCUT2D eigenvalue weighted by atomic mass is 10.00. The van der Waals surface area contributed by atoms with Crippen LogP contribution >= 0.6 is 0 Å². The Balaban J connectivity index is 2.06. The van der Waals surface area contributed by atoms with E-state index in [1.165, 1.54) is 0 Å². The Kier molecular flexibility index (Phi) is 3.95. The Morgan fingerprint density at radius 2 is 1.92 bits per heavy atom. The van der Waals surface area contributed by atoms with Gasteiger partial charge in [0, 0.05) is 17.1 Å². The second-order valence-electron chi connectivity index (χ2n) is 5.58. The average Bonchev–Trinajstić information content (AvgIpc) is 2.54. The molecule has 0 saturated carbocycles. The number of para-hydroxylation sites is 1. The van der Waals surface area contributed by atoms with Crippen molar-refractivity contribution in [3.05, 3.63) is 70.0 Å². The Morgan fingerprint density at radius 3 is 2.67 bits per heavy atom. The number of fused-ring (bicyclic) bond motifs is 1. The van der Waals surface area contributed by atoms with Gasteiger partial charge in [0.15, 0.2) is 0 Å². The monoisotopic (exact) mass is 323 g/mol. The lowest BCUT2D eigenvalue weighted by Gasteiger charge is -2.19. The number of aromatic amines is 1. The highest BCUT2D eigenvalue weighted by atomic mass is 16.4. The molecule has 0 aliphatic carbocycles. The van der Waals surface area contributed by atoms with Gasteiger partial charge in [0.25, 0.3) is 5.56 Å². The molecule has 2 aromatic carbocycles. The van der Waals surface area contributed by atoms with Gasteiger partial charge in [-0.2, -0.15) is 0 Å². The number of anilines is 2. The summed E-state index contributed by atoms with van der Waals surface area (Å²) in [5, 5.41) is 13.8. The summed E-state index contributed by atoms with van der Waals surface area (Å²) in [6.45, 7) is 1.91. The van der Waals surface area contributed by atoms with Crippen LogP contribution in [0.5, 0.6) is 0 Å². The molecule has 0 aliphatic heterocycles. The van der Waals surface area contributed by atoms with Crippen LogP contribution in [0.3, 0.4) is 0 Å². The first kappa shape index (κ1) is 15.6. The van der Waals surface area contributed by atoms with E-state index in [1.807, 2.05) is 13.0 Å². The number of hydrogen-bond donors (Lipinski definition) is 4. The zero-order chi connectivity index (χ0) is 17.3. The highest BCUT2D eigenvalue weighted by Gasteiger charge is 2.15. The Morgan fingerprint density at radius 1 is 1.17 bits per heavy atom. The summed E-state index contributed by atoms with van der Waals surface area (Å²) in [4.78, 5) is 26.0. The molecule has 0 spiro atoms. The third kappa shape index (κ3) is 2.81. The number of hydrogen-bond acceptors (Lipinski definition) is 4. The Bertz CT molecular complexity index is 979. The molecule has 5 N–H and O–H groups in total. The summed E-state index contributed by atoms with van der Waals surface area (Å²) < 4.78 is 0. The standard InChI is InChI=1S/C18H17N3O3/c1-10(20-15-8-3-2-5-13(15)18(23)24)11-6-4-7-12-14(11)9-16(19)21-17(12)22/h2-10,20H,1H3,(H,23,24)(H3,19,21,22). The maximum Gasteiger partial charge on any atom is 0.337 e. The van der Waals surface area contributed by atoms with Crippen LogP contribution in [-0.2, 0) is 0 Å². The fourth-order valence-electron chi connectivity index (χ4n) is 2.82. The van der Waals surface area contributed by atoms with Crippen molar-refractivity contribution in [2.75, 3.05) is 11.1 Å². The minimum atomic E-state index is -0.996. The van der Waals surface area contributed by atoms with Crippen molar-refractivity contribution in [1.29, 1.82) is 0 Å². The topological polar surface area (TPSA) is 108 Å². The molecule has 0 aliphatic rings. The number of nitrogens with two attached hydrogens (primary N) is 1. The van der Waals surface area contributed by atoms with Gasteiger partial charge >= 0.3 is 5.97 Å². The quantitative estimate of drug-likeness (QED) is 0.590. The Hall–Kier alpha value is -3.28. The van der Waals surface area contributed by atoms with Gasteiger partial charge < -0.3 is 21.1 Å². The molecule has 1 heterocycles. The lowest BCUT2D eigenvalue weighted by molar-refractivity contribution is 0.0698. The fraction of sp³-hybridized carbons (Fsp3) is 0.111. The molecular weight excluding hydrogens is 306 g/mol. The maximum absolute atomic E-state index is 12.0. The van der Waals surface area contributed by atoms with Crippen LogP contribution in [0.1, 0.15) is 28.9 Å². The van der Waals surface area contributed by atoms with Crippen molar-refractivity contribution in [1.82, 2.24) is 4.98 Å². The average molecular weight is 323 g/mol. The molecule has 0 amide bonds. The van der Waals surface area contributed by atoms with Gasteiger partial charge in [0.1, 0.15) is 5.82 Å². The molecule has 24 heavy (non-hydrogen) atoms. The van der Waals surface area contributed by atoms with Gasteiger partial charge in [0.2, 0.25) is 0 Å². The second-order valence-corrected chi connectivity index (χ2v) is 5.58. The zero-order valence-corrected chi connectivity index (χ0v) is 13.0. The van der Waals surface area contributed by atoms with E-state index in [0.717, 1.165) is 10.9 Å². The summed E-state index contributed by atoms with van der Waals surface area (Å²) in [7, 11) is 0. The van der Waals surface area contributed by atoms with E-state index in [-0.39, 0.29) is 23.0 Å². The van der Waals surface area contributed by atoms with Gasteiger partial charge in [0.05, 0.1) is 5.56 Å². The second kappa shape index (κ2) is 6.08. The highest BCUT2D eigenvalue weighted by molar-refractivity contribution is 5.94. The summed E-state index contributed by atoms with van der Waals surface area (Å²) in [6, 6.07) is 13.6. The van der Waals surface area contributed by atoms with Crippen molar-refractivity contribution in [2.24, 2.45) is 0 Å². The minimum absolute atomic E-state index is 0.196. The number of aromatic nitrogens is 1. The van der Waals surface area contributed by atoms with Crippen LogP contribution in [0, 0.1) is 0 Å². The van der Waals surface area contributed by atoms with Crippen molar-refractivity contribution >= 4 is 28.2 Å². The number of rotatable bonds is 4. The molecule has 1 unspecified atom stereocenters. The first-order valence-electron chi connectivity index (χ1n) is 7.47. The van der Waals surface area contributed by atoms with Crippen molar-refractivity contribution in [3.8, 4) is 0 Å². The molecule has 0 radical (unpaired) electrons. The first-order chi connectivity index (χ1) is 11.5. The molecule has 1 aromatic heterocycles. The van der Waals surface area contributed by atoms with E-state index in [4.69, 9.17) is 5.73 Å². The summed E-state index contributed by atoms with van der Waals surface area (Å²) in [6.07, 6.45) is 0. The molecule has 1 atom stereocenters. The summed E-state index contributed by atoms with van der Waals surface area (Å²) in [5.41, 5.74) is 7.09. The van der Waals surface area contributed by atoms with Crippen molar-refractivity contribution in [3.63, 3.8) is 0 Å². The minimum Gasteiger partial charge on any atom is -0.478 e. The van der Waals surface area contributed by atoms with E-state index in [0.29, 0.717) is 11.1 Å². The molecule has 0 bridgehead atoms. The van der Waals surface area contributed by atoms with Crippen LogP contribution in [0.15, 0.2) is 53.3 Å². The highest BCUT2D eigenvalue weighted by Crippen LogP contribution is 2.27. The van der Waals surface area contributed by atoms with Crippen LogP contribution in [-0.4, -0.2) is 16.1 Å². The van der Waals surface area contributed by atoms with E-state index in [2.05, 4.69) is 10.3 Å². The molecule has 122 valence electrons. The van der Waals surface area contributed by atoms with E-state index >= 15 is 0 Å². The molecule has 6 heteroatoms. The van der Waals surface area contributed by atoms with Gasteiger partial charge in [-0.05, 0) is 42.1 Å². The third-order valence-electron chi connectivity index (χ3n) is 3.94. The third-order valence-corrected chi connectivity index (χ3v) is 3.94. The number of carboxylic acid groups (broad SMARTS) is 1. The predicted molar refractivity (Wildman–Crippen MR) is 94.4 cm³/mol. The number of aromatic carboxylic acids is 1. The maximum atomic E-state index is 12.0. The van der Waals surface area contributed by atoms with E-state index in [9.17, 15) is 14.7 Å². The molecule has 0 fully saturated rings. The van der Waals surface area contributed by atoms with Crippen LogP contribution in [0.2, 0.25) is 0 Å². The number of pyridine rings is 1. The fourth-order valence-corrected chi connectivity index (χ4v) is 2.82. The van der Waals surface area contributed by atoms with Gasteiger partial charge in [-0.3, -0.25) is 4.79 Å². The SMILES string of the molecule is CC(Nc1ccccc1C(=O)O)c1cccc2c(=O)[nH]c(N)cc12. The van der Waals surface area contributed by atoms with Gasteiger partial charge in [-0.1, -0.05) is 24.3 Å². The molecule has 0 saturated heterocycles. The smallest absolute Gasteiger partial charge is 0.337 e. The number of carboxylic acids is 1. The van der Waals surface area contributed by atoms with E-state index < -0.39 is 5.97 Å². The largest absolute Gasteiger partial charge is 0.478 e. The number of nitrogens with one attached hydrogen (secondary N) is 2. The lowest BCUT2D eigenvalue weighted by Crippen LogP contribution is -2.13. The zero-order valence-electron chi connectivity index (χ0n) is 13.0. The molecule has 3 rings (SSSR count). The normalized spacial score (nSPS) is 12.0. The number of benzene rings is 2. The molecule has 6 nitrogen and oxygen atoms in total. The molecule has 3 aromatic rings. The number of carbonyl (C=O) groups is 1. The van der Waals surface area contributed by atoms with Crippen molar-refractivity contribution in [2.45, 2.75) is 13.0 Å². The summed E-state index contributed by atoms with van der Waals surface area (Å²) in [5.74, 6) is -0.706. The number of H-pyrrole nitrogens is 1. The van der Waals surface area contributed by atoms with Crippen molar-refractivity contribution < 1.29 is 9.90 Å². The Labute approximate surface area is 137 Å². The predicted octanol–water partition coefficient (Wildman–Crippen LogP) is 2.98. The molecular formula is C18H17N3O3. The van der Waals surface area contributed by atoms with E-state index in [1.54, 1.807) is 42.5 Å². The van der Waals surface area contributed by atoms with Crippen LogP contribution in [0.25, 0.3) is 10.8 Å². The first-order valence-corrected chi connectivity index (χ1v) is 7.47.